The van der Waals surface area contributed by atoms with E-state index in [4.69, 9.17) is 19.8 Å². The summed E-state index contributed by atoms with van der Waals surface area (Å²) < 4.78 is 2.25. The van der Waals surface area contributed by atoms with Crippen LogP contribution in [-0.4, -0.2) is 76.3 Å². The third-order valence-corrected chi connectivity index (χ3v) is 8.53. The number of carboxylic acids is 2. The van der Waals surface area contributed by atoms with Crippen LogP contribution >= 0.6 is 0 Å². The van der Waals surface area contributed by atoms with Crippen molar-refractivity contribution in [1.82, 2.24) is 0 Å². The minimum absolute atomic E-state index is 1.12. The van der Waals surface area contributed by atoms with E-state index in [9.17, 15) is 0 Å². The second-order valence-electron chi connectivity index (χ2n) is 15.8. The smallest absolute Gasteiger partial charge is 0.0870 e. The maximum Gasteiger partial charge on any atom is 0.0870 e. The van der Waals surface area contributed by atoms with Gasteiger partial charge in [0.15, 0.2) is 0 Å². The van der Waals surface area contributed by atoms with Gasteiger partial charge < -0.3 is 28.8 Å². The fraction of sp³-hybridized carbons (Fsp3) is 0.950. The molecule has 0 N–H and O–H groups in total. The molecule has 0 aromatic carbocycles. The lowest BCUT2D eigenvalue weighted by atomic mass is 10.0. The molecule has 0 radical (unpaired) electrons. The van der Waals surface area contributed by atoms with Crippen molar-refractivity contribution in [3.05, 3.63) is 0 Å². The van der Waals surface area contributed by atoms with Crippen LogP contribution in [0.1, 0.15) is 194 Å². The number of carbonyl (C=O) groups is 2. The molecule has 0 heterocycles. The maximum absolute atomic E-state index is 8.93. The molecule has 0 aliphatic carbocycles. The molecular weight excluding hydrogens is 572 g/mol. The van der Waals surface area contributed by atoms with Gasteiger partial charge in [0.1, 0.15) is 0 Å². The van der Waals surface area contributed by atoms with Crippen LogP contribution in [0.2, 0.25) is 0 Å². The van der Waals surface area contributed by atoms with E-state index in [1.54, 1.807) is 0 Å². The first-order chi connectivity index (χ1) is 21.8. The summed E-state index contributed by atoms with van der Waals surface area (Å²) in [5, 5.41) is 17.9. The lowest BCUT2D eigenvalue weighted by Crippen LogP contribution is -2.42. The normalized spacial score (nSPS) is 11.4. The fourth-order valence-electron chi connectivity index (χ4n) is 5.56. The van der Waals surface area contributed by atoms with Gasteiger partial charge in [0.25, 0.3) is 0 Å². The number of quaternary nitrogens is 2. The highest BCUT2D eigenvalue weighted by atomic mass is 16.4. The summed E-state index contributed by atoms with van der Waals surface area (Å²) in [5.74, 6) is -4.37. The number of hydrogen-bond donors (Lipinski definition) is 0. The van der Waals surface area contributed by atoms with Crippen molar-refractivity contribution in [2.75, 3.05) is 55.4 Å². The quantitative estimate of drug-likeness (QED) is 0.0440. The summed E-state index contributed by atoms with van der Waals surface area (Å²) in [6, 6.07) is 0. The predicted molar refractivity (Wildman–Crippen MR) is 196 cm³/mol. The predicted octanol–water partition coefficient (Wildman–Crippen LogP) is 8.83. The van der Waals surface area contributed by atoms with E-state index in [0.29, 0.717) is 0 Å². The largest absolute Gasteiger partial charge is 0.543 e. The number of rotatable bonds is 30. The summed E-state index contributed by atoms with van der Waals surface area (Å²) in [5.41, 5.74) is 0. The molecule has 0 aliphatic rings. The molecule has 0 saturated carbocycles. The van der Waals surface area contributed by atoms with Crippen LogP contribution in [0.15, 0.2) is 0 Å². The van der Waals surface area contributed by atoms with E-state index < -0.39 is 11.9 Å². The molecule has 0 aliphatic heterocycles. The highest BCUT2D eigenvalue weighted by molar-refractivity contribution is 6.25. The highest BCUT2D eigenvalue weighted by Crippen LogP contribution is 2.14. The Morgan fingerprint density at radius 3 is 0.609 bits per heavy atom. The molecule has 6 nitrogen and oxygen atoms in total. The van der Waals surface area contributed by atoms with Gasteiger partial charge in [-0.05, 0) is 25.7 Å². The maximum atomic E-state index is 8.93. The number of carbonyl (C=O) groups excluding carboxylic acids is 2. The fourth-order valence-corrected chi connectivity index (χ4v) is 5.56. The lowest BCUT2D eigenvalue weighted by molar-refractivity contribution is -0.870. The van der Waals surface area contributed by atoms with Gasteiger partial charge >= 0.3 is 0 Å². The molecule has 278 valence electrons. The minimum atomic E-state index is -2.19. The first kappa shape index (κ1) is 49.2. The van der Waals surface area contributed by atoms with Gasteiger partial charge in [0.05, 0.1) is 67.3 Å². The van der Waals surface area contributed by atoms with E-state index in [1.807, 2.05) is 0 Å². The van der Waals surface area contributed by atoms with Crippen molar-refractivity contribution < 1.29 is 28.8 Å². The van der Waals surface area contributed by atoms with Crippen molar-refractivity contribution >= 4 is 11.9 Å². The zero-order chi connectivity index (χ0) is 35.4. The minimum Gasteiger partial charge on any atom is -0.543 e. The van der Waals surface area contributed by atoms with Crippen molar-refractivity contribution in [3.63, 3.8) is 0 Å². The standard InChI is InChI=1S/2C19H42N.C2H2O4/c2*1-5-6-7-8-9-10-11-12-13-14-15-16-17-18-19-20(2,3)4;3-1(4)2(5)6/h2*5-19H2,1-4H3;(H,3,4)(H,5,6)/q2*+1;/p-2. The summed E-state index contributed by atoms with van der Waals surface area (Å²) >= 11 is 0. The molecule has 0 atom stereocenters. The summed E-state index contributed by atoms with van der Waals surface area (Å²) in [7, 11) is 13.8. The lowest BCUT2D eigenvalue weighted by Gasteiger charge is -2.23. The first-order valence-electron chi connectivity index (χ1n) is 19.8. The zero-order valence-electron chi connectivity index (χ0n) is 32.7. The molecule has 46 heavy (non-hydrogen) atoms. The van der Waals surface area contributed by atoms with Gasteiger partial charge in [-0.1, -0.05) is 168 Å². The van der Waals surface area contributed by atoms with Gasteiger partial charge in [0, 0.05) is 0 Å². The van der Waals surface area contributed by atoms with E-state index in [1.165, 1.54) is 193 Å². The van der Waals surface area contributed by atoms with Crippen molar-refractivity contribution in [1.29, 1.82) is 0 Å². The molecule has 0 amide bonds. The summed E-state index contributed by atoms with van der Waals surface area (Å²) in [4.78, 5) is 17.9. The van der Waals surface area contributed by atoms with Gasteiger partial charge in [0.2, 0.25) is 0 Å². The first-order valence-corrected chi connectivity index (χ1v) is 19.8. The molecule has 0 aromatic rings. The Balaban J connectivity index is -0.000000682. The van der Waals surface area contributed by atoms with Gasteiger partial charge in [-0.25, -0.2) is 0 Å². The van der Waals surface area contributed by atoms with Gasteiger partial charge in [-0.2, -0.15) is 0 Å². The Kier molecular flexibility index (Phi) is 39.3. The SMILES string of the molecule is CCCCCCCCCCCCCCCC[N+](C)(C)C.CCCCCCCCCCCCCCCC[N+](C)(C)C.O=C([O-])C(=O)[O-]. The van der Waals surface area contributed by atoms with Crippen molar-refractivity contribution in [3.8, 4) is 0 Å². The average Bonchev–Trinajstić information content (AvgIpc) is 2.97. The van der Waals surface area contributed by atoms with Crippen LogP contribution < -0.4 is 10.2 Å². The third kappa shape index (κ3) is 55.3. The molecule has 0 spiro atoms. The third-order valence-electron chi connectivity index (χ3n) is 8.53. The Bertz CT molecular complexity index is 572. The van der Waals surface area contributed by atoms with Crippen LogP contribution in [0.25, 0.3) is 0 Å². The molecule has 0 saturated heterocycles. The molecule has 0 unspecified atom stereocenters. The van der Waals surface area contributed by atoms with Crippen LogP contribution in [-0.2, 0) is 9.59 Å². The molecule has 0 bridgehead atoms. The number of nitrogens with zero attached hydrogens (tertiary/aromatic N) is 2. The van der Waals surface area contributed by atoms with Crippen LogP contribution in [0, 0.1) is 0 Å². The molecule has 0 rings (SSSR count). The number of carboxylic acid groups (broad SMARTS) is 2. The second kappa shape index (κ2) is 36.7. The van der Waals surface area contributed by atoms with E-state index >= 15 is 0 Å². The van der Waals surface area contributed by atoms with Crippen molar-refractivity contribution in [2.24, 2.45) is 0 Å². The molecular formula is C40H84N2O4. The molecule has 0 fully saturated rings. The molecule has 6 heteroatoms. The van der Waals surface area contributed by atoms with Gasteiger partial charge in [-0.3, -0.25) is 0 Å². The van der Waals surface area contributed by atoms with Gasteiger partial charge in [-0.15, -0.1) is 0 Å². The van der Waals surface area contributed by atoms with E-state index in [0.717, 1.165) is 8.97 Å². The Hall–Kier alpha value is -1.14. The Morgan fingerprint density at radius 2 is 0.478 bits per heavy atom. The highest BCUT2D eigenvalue weighted by Gasteiger charge is 2.06. The van der Waals surface area contributed by atoms with Crippen LogP contribution in [0.4, 0.5) is 0 Å². The number of unbranched alkanes of at least 4 members (excludes halogenated alkanes) is 26. The monoisotopic (exact) mass is 657 g/mol. The van der Waals surface area contributed by atoms with Crippen LogP contribution in [0.5, 0.6) is 0 Å². The average molecular weight is 657 g/mol. The summed E-state index contributed by atoms with van der Waals surface area (Å²) in [6.45, 7) is 7.25. The van der Waals surface area contributed by atoms with Crippen LogP contribution in [0.3, 0.4) is 0 Å². The summed E-state index contributed by atoms with van der Waals surface area (Å²) in [6.07, 6.45) is 40.7. The molecule has 0 aromatic heterocycles. The number of aliphatic carboxylic acids is 2. The zero-order valence-corrected chi connectivity index (χ0v) is 32.7. The van der Waals surface area contributed by atoms with Crippen molar-refractivity contribution in [2.45, 2.75) is 194 Å². The second-order valence-corrected chi connectivity index (χ2v) is 15.8. The Morgan fingerprint density at radius 1 is 0.326 bits per heavy atom. The number of hydrogen-bond acceptors (Lipinski definition) is 4. The topological polar surface area (TPSA) is 80.3 Å². The van der Waals surface area contributed by atoms with E-state index in [2.05, 4.69) is 56.1 Å². The van der Waals surface area contributed by atoms with E-state index in [-0.39, 0.29) is 0 Å². The Labute approximate surface area is 289 Å².